The maximum absolute atomic E-state index is 4.81. The summed E-state index contributed by atoms with van der Waals surface area (Å²) in [6, 6.07) is 0. The van der Waals surface area contributed by atoms with Crippen molar-refractivity contribution in [1.82, 2.24) is 0 Å². The van der Waals surface area contributed by atoms with Gasteiger partial charge in [0.1, 0.15) is 0 Å². The summed E-state index contributed by atoms with van der Waals surface area (Å²) < 4.78 is 0. The maximum Gasteiger partial charge on any atom is 0.167 e. The van der Waals surface area contributed by atoms with Crippen LogP contribution in [-0.4, -0.2) is 12.2 Å². The first kappa shape index (κ1) is 7.54. The lowest BCUT2D eigenvalue weighted by atomic mass is 10.7. The Kier molecular flexibility index (Phi) is 3.93. The van der Waals surface area contributed by atoms with Crippen molar-refractivity contribution >= 4 is 12.2 Å². The summed E-state index contributed by atoms with van der Waals surface area (Å²) in [5.41, 5.74) is 0. The van der Waals surface area contributed by atoms with Gasteiger partial charge in [0.05, 0.1) is 0 Å². The Hall–Kier alpha value is -1.46. The summed E-state index contributed by atoms with van der Waals surface area (Å²) >= 11 is 0. The number of rotatable bonds is 1. The maximum atomic E-state index is 4.81. The Balaban J connectivity index is 3.71. The highest BCUT2D eigenvalue weighted by Gasteiger charge is 1.77. The third kappa shape index (κ3) is 4.39. The molecule has 0 saturated heterocycles. The van der Waals surface area contributed by atoms with Gasteiger partial charge in [0.2, 0.25) is 0 Å². The van der Waals surface area contributed by atoms with Crippen molar-refractivity contribution in [2.45, 2.75) is 6.92 Å². The summed E-state index contributed by atoms with van der Waals surface area (Å²) in [6.07, 6.45) is 1.09. The molecule has 6 heteroatoms. The molecule has 9 heavy (non-hydrogen) atoms. The molecule has 0 heterocycles. The standard InChI is InChI=1S/C3H8N6/c1-3(8-5)9-7-2-6-4/h2H,4-5H2,1H3/b6-2+,8-3+,9-7+/i4+1,6+1. The first-order valence-electron chi connectivity index (χ1n) is 2.18. The molecule has 0 aliphatic heterocycles. The monoisotopic (exact) mass is 130 g/mol. The molecule has 0 unspecified atom stereocenters. The Morgan fingerprint density at radius 2 is 2.11 bits per heavy atom. The largest absolute Gasteiger partial charge is 0.322 e. The van der Waals surface area contributed by atoms with E-state index in [9.17, 15) is 0 Å². The molecular formula is C3H8N6. The molecule has 0 fully saturated rings. The lowest BCUT2D eigenvalue weighted by Gasteiger charge is -1.79. The summed E-state index contributed by atoms with van der Waals surface area (Å²) in [7, 11) is 0. The first-order valence-corrected chi connectivity index (χ1v) is 2.18. The second-order valence-corrected chi connectivity index (χ2v) is 1.16. The Bertz CT molecular complexity index is 144. The van der Waals surface area contributed by atoms with Gasteiger partial charge in [-0.15, -0.1) is 10.2 Å². The fourth-order valence-corrected chi connectivity index (χ4v) is 0.165. The van der Waals surface area contributed by atoms with E-state index < -0.39 is 0 Å². The molecule has 0 aromatic carbocycles. The molecule has 0 spiro atoms. The lowest BCUT2D eigenvalue weighted by Crippen LogP contribution is -1.90. The van der Waals surface area contributed by atoms with Crippen LogP contribution in [0.15, 0.2) is 20.4 Å². The predicted octanol–water partition coefficient (Wildman–Crippen LogP) is -0.367. The van der Waals surface area contributed by atoms with E-state index in [-0.39, 0.29) is 0 Å². The van der Waals surface area contributed by atoms with Crippen LogP contribution in [0.25, 0.3) is 0 Å². The Morgan fingerprint density at radius 1 is 1.44 bits per heavy atom. The molecule has 4 N–H and O–H groups in total. The van der Waals surface area contributed by atoms with Crippen LogP contribution in [-0.2, 0) is 0 Å². The number of hydrogen-bond acceptors (Lipinski definition) is 4. The Morgan fingerprint density at radius 3 is 2.56 bits per heavy atom. The minimum absolute atomic E-state index is 0.370. The zero-order valence-electron chi connectivity index (χ0n) is 5.02. The highest BCUT2D eigenvalue weighted by atomic mass is 16.1. The average Bonchev–Trinajstić information content (AvgIpc) is 1.89. The van der Waals surface area contributed by atoms with Gasteiger partial charge >= 0.3 is 0 Å². The molecule has 0 aromatic heterocycles. The van der Waals surface area contributed by atoms with Gasteiger partial charge in [-0.1, -0.05) is 0 Å². The number of amidine groups is 1. The molecule has 0 aliphatic carbocycles. The zero-order chi connectivity index (χ0) is 7.11. The summed E-state index contributed by atoms with van der Waals surface area (Å²) in [5.74, 6) is 9.88. The van der Waals surface area contributed by atoms with Crippen molar-refractivity contribution in [2.24, 2.45) is 32.1 Å². The molecule has 0 rings (SSSR count). The van der Waals surface area contributed by atoms with E-state index in [0.717, 1.165) is 6.34 Å². The lowest BCUT2D eigenvalue weighted by molar-refractivity contribution is 1.18. The zero-order valence-corrected chi connectivity index (χ0v) is 5.02. The van der Waals surface area contributed by atoms with E-state index in [2.05, 4.69) is 20.4 Å². The van der Waals surface area contributed by atoms with Crippen molar-refractivity contribution < 1.29 is 0 Å². The van der Waals surface area contributed by atoms with Crippen LogP contribution in [0.2, 0.25) is 0 Å². The summed E-state index contributed by atoms with van der Waals surface area (Å²) in [6.45, 7) is 1.61. The summed E-state index contributed by atoms with van der Waals surface area (Å²) in [4.78, 5) is 0. The van der Waals surface area contributed by atoms with E-state index in [1.54, 1.807) is 6.92 Å². The first-order chi connectivity index (χ1) is 4.31. The minimum Gasteiger partial charge on any atom is -0.322 e. The second kappa shape index (κ2) is 4.69. The van der Waals surface area contributed by atoms with Gasteiger partial charge < -0.3 is 11.7 Å². The van der Waals surface area contributed by atoms with Crippen LogP contribution >= 0.6 is 0 Å². The van der Waals surface area contributed by atoms with Crippen molar-refractivity contribution in [3.8, 4) is 0 Å². The van der Waals surface area contributed by atoms with Gasteiger partial charge in [-0.2, -0.15) is 10.2 Å². The van der Waals surface area contributed by atoms with Gasteiger partial charge in [-0.05, 0) is 6.92 Å². The quantitative estimate of drug-likeness (QED) is 0.126. The van der Waals surface area contributed by atoms with Crippen molar-refractivity contribution in [2.75, 3.05) is 0 Å². The van der Waals surface area contributed by atoms with Crippen molar-refractivity contribution in [3.63, 3.8) is 0 Å². The van der Waals surface area contributed by atoms with Crippen LogP contribution < -0.4 is 11.7 Å². The Labute approximate surface area is 52.3 Å². The third-order valence-corrected chi connectivity index (χ3v) is 0.508. The topological polar surface area (TPSA) is 101 Å². The van der Waals surface area contributed by atoms with Crippen LogP contribution in [0.5, 0.6) is 0 Å². The molecule has 0 atom stereocenters. The third-order valence-electron chi connectivity index (χ3n) is 0.508. The minimum atomic E-state index is 0.370. The molecule has 50 valence electrons. The predicted molar refractivity (Wildman–Crippen MR) is 34.8 cm³/mol. The smallest absolute Gasteiger partial charge is 0.167 e. The van der Waals surface area contributed by atoms with Gasteiger partial charge in [-0.25, -0.2) is 0 Å². The molecule has 0 radical (unpaired) electrons. The fraction of sp³-hybridized carbons (Fsp3) is 0.333. The second-order valence-electron chi connectivity index (χ2n) is 1.16. The van der Waals surface area contributed by atoms with E-state index in [1.807, 2.05) is 0 Å². The molecule has 0 aromatic rings. The van der Waals surface area contributed by atoms with Crippen LogP contribution in [0.1, 0.15) is 6.92 Å². The normalized spacial score (nSPS) is 13.7. The summed E-state index contributed by atoms with van der Waals surface area (Å²) in [5, 5.41) is 13.1. The van der Waals surface area contributed by atoms with E-state index in [0.29, 0.717) is 5.84 Å². The van der Waals surface area contributed by atoms with E-state index >= 15 is 0 Å². The van der Waals surface area contributed by atoms with Crippen LogP contribution in [0, 0.1) is 0 Å². The molecule has 0 amide bonds. The number of azo groups is 1. The number of nitrogens with two attached hydrogens (primary N) is 2. The van der Waals surface area contributed by atoms with Crippen LogP contribution in [0.3, 0.4) is 0 Å². The highest BCUT2D eigenvalue weighted by Crippen LogP contribution is 1.75. The molecular weight excluding hydrogens is 122 g/mol. The molecule has 6 nitrogen and oxygen atoms in total. The van der Waals surface area contributed by atoms with E-state index in [1.165, 1.54) is 0 Å². The highest BCUT2D eigenvalue weighted by molar-refractivity contribution is 5.80. The van der Waals surface area contributed by atoms with Gasteiger partial charge in [-0.3, -0.25) is 0 Å². The molecule has 0 bridgehead atoms. The van der Waals surface area contributed by atoms with Crippen LogP contribution in [0.4, 0.5) is 0 Å². The molecule has 0 saturated carbocycles. The van der Waals surface area contributed by atoms with Crippen molar-refractivity contribution in [1.29, 1.82) is 0 Å². The molecule has 0 aliphatic rings. The SMILES string of the molecule is CC(/N=N/C=[15N]/[15NH2])=N\N. The van der Waals surface area contributed by atoms with Gasteiger partial charge in [0.25, 0.3) is 0 Å². The van der Waals surface area contributed by atoms with E-state index in [4.69, 9.17) is 11.7 Å². The fourth-order valence-electron chi connectivity index (χ4n) is 0.165. The van der Waals surface area contributed by atoms with Gasteiger partial charge in [0.15, 0.2) is 12.2 Å². The average molecular weight is 130 g/mol. The number of nitrogens with zero attached hydrogens (tertiary/aromatic N) is 4. The van der Waals surface area contributed by atoms with Gasteiger partial charge in [0, 0.05) is 0 Å². The van der Waals surface area contributed by atoms with Crippen molar-refractivity contribution in [3.05, 3.63) is 0 Å². The number of hydrazone groups is 2. The number of hydrogen-bond donors (Lipinski definition) is 2.